The molecule has 0 saturated carbocycles. The first kappa shape index (κ1) is 38.2. The van der Waals surface area contributed by atoms with Crippen molar-refractivity contribution in [2.45, 2.75) is 78.4 Å². The van der Waals surface area contributed by atoms with Crippen LogP contribution in [0, 0.1) is 0 Å². The van der Waals surface area contributed by atoms with Gasteiger partial charge < -0.3 is 4.74 Å². The highest BCUT2D eigenvalue weighted by atomic mass is 19.4. The summed E-state index contributed by atoms with van der Waals surface area (Å²) in [6.07, 6.45) is -15.9. The fourth-order valence-corrected chi connectivity index (χ4v) is 2.31. The summed E-state index contributed by atoms with van der Waals surface area (Å²) in [6, 6.07) is 0. The molecule has 0 radical (unpaired) electrons. The Morgan fingerprint density at radius 1 is 0.300 bits per heavy atom. The molecule has 0 bridgehead atoms. The molecule has 0 aliphatic rings. The van der Waals surface area contributed by atoms with E-state index in [4.69, 9.17) is 0 Å². The fourth-order valence-electron chi connectivity index (χ4n) is 2.31. The highest BCUT2D eigenvalue weighted by Crippen LogP contribution is 2.67. The van der Waals surface area contributed by atoms with Gasteiger partial charge in [0.25, 0.3) is 0 Å². The third-order valence-corrected chi connectivity index (χ3v) is 4.62. The summed E-state index contributed by atoms with van der Waals surface area (Å²) >= 11 is 0. The van der Waals surface area contributed by atoms with E-state index in [1.165, 1.54) is 0 Å². The zero-order valence-electron chi connectivity index (χ0n) is 17.6. The predicted octanol–water partition coefficient (Wildman–Crippen LogP) is 8.53. The van der Waals surface area contributed by atoms with Crippen LogP contribution in [-0.2, 0) is 4.74 Å². The lowest BCUT2D eigenvalue weighted by atomic mass is 9.85. The Balaban J connectivity index is 7.39. The molecule has 0 spiro atoms. The second-order valence-corrected chi connectivity index (χ2v) is 7.19. The summed E-state index contributed by atoms with van der Waals surface area (Å²) in [6.45, 7) is -2.25. The molecule has 0 fully saturated rings. The van der Waals surface area contributed by atoms with Gasteiger partial charge >= 0.3 is 71.5 Å². The predicted molar refractivity (Wildman–Crippen MR) is 72.1 cm³/mol. The number of hydrogen-bond donors (Lipinski definition) is 0. The maximum atomic E-state index is 13.7. The number of halogens is 25. The second-order valence-electron chi connectivity index (χ2n) is 7.19. The van der Waals surface area contributed by atoms with E-state index in [0.29, 0.717) is 0 Å². The van der Waals surface area contributed by atoms with Crippen molar-refractivity contribution in [3.8, 4) is 0 Å². The minimum absolute atomic E-state index is 0.0191. The molecule has 0 amide bonds. The van der Waals surface area contributed by atoms with Crippen LogP contribution < -0.4 is 0 Å². The van der Waals surface area contributed by atoms with Gasteiger partial charge in [-0.2, -0.15) is 110 Å². The van der Waals surface area contributed by atoms with E-state index in [9.17, 15) is 110 Å². The summed E-state index contributed by atoms with van der Waals surface area (Å²) in [7, 11) is 0. The Bertz CT molecular complexity index is 907. The van der Waals surface area contributed by atoms with E-state index >= 15 is 0 Å². The molecule has 0 aromatic carbocycles. The van der Waals surface area contributed by atoms with Crippen molar-refractivity contribution in [1.29, 1.82) is 0 Å². The molecule has 40 heavy (non-hydrogen) atoms. The van der Waals surface area contributed by atoms with Gasteiger partial charge in [-0.1, -0.05) is 0 Å². The van der Waals surface area contributed by atoms with Gasteiger partial charge in [-0.3, -0.25) is 0 Å². The smallest absolute Gasteiger partial charge is 0.334 e. The highest BCUT2D eigenvalue weighted by molar-refractivity contribution is 5.19. The molecule has 1 atom stereocenters. The molecule has 0 aliphatic heterocycles. The third kappa shape index (κ3) is 4.38. The zero-order valence-corrected chi connectivity index (χ0v) is 17.6. The first-order chi connectivity index (χ1) is 16.8. The van der Waals surface area contributed by atoms with Crippen molar-refractivity contribution >= 4 is 0 Å². The van der Waals surface area contributed by atoms with Crippen LogP contribution in [0.25, 0.3) is 0 Å². The molecule has 1 unspecified atom stereocenters. The third-order valence-electron chi connectivity index (χ3n) is 4.62. The van der Waals surface area contributed by atoms with Gasteiger partial charge in [0.05, 0.1) is 0 Å². The van der Waals surface area contributed by atoms with Gasteiger partial charge in [0.1, 0.15) is 0 Å². The molecule has 0 N–H and O–H groups in total. The zero-order chi connectivity index (χ0) is 33.4. The average Bonchev–Trinajstić information content (AvgIpc) is 2.70. The second kappa shape index (κ2) is 9.36. The number of hydrogen-bond acceptors (Lipinski definition) is 1. The molecule has 26 heteroatoms. The molecule has 0 aromatic rings. The van der Waals surface area contributed by atoms with Crippen molar-refractivity contribution in [3.05, 3.63) is 0 Å². The average molecular weight is 664 g/mol. The van der Waals surface area contributed by atoms with Gasteiger partial charge in [0, 0.05) is 6.61 Å². The van der Waals surface area contributed by atoms with Crippen molar-refractivity contribution in [2.75, 3.05) is 6.61 Å². The first-order valence-corrected chi connectivity index (χ1v) is 8.67. The van der Waals surface area contributed by atoms with E-state index in [2.05, 4.69) is 4.74 Å². The van der Waals surface area contributed by atoms with Crippen LogP contribution in [0.2, 0.25) is 0 Å². The van der Waals surface area contributed by atoms with Crippen LogP contribution in [0.5, 0.6) is 0 Å². The van der Waals surface area contributed by atoms with Crippen LogP contribution in [0.3, 0.4) is 0 Å². The lowest BCUT2D eigenvalue weighted by Crippen LogP contribution is -2.78. The van der Waals surface area contributed by atoms with Crippen molar-refractivity contribution < 1.29 is 114 Å². The summed E-state index contributed by atoms with van der Waals surface area (Å²) in [5.41, 5.74) is 0. The maximum absolute atomic E-state index is 13.7. The summed E-state index contributed by atoms with van der Waals surface area (Å²) in [4.78, 5) is 0. The topological polar surface area (TPSA) is 9.23 Å². The van der Waals surface area contributed by atoms with E-state index < -0.39 is 78.1 Å². The molecular weight excluding hydrogens is 659 g/mol. The molecule has 0 aromatic heterocycles. The van der Waals surface area contributed by atoms with Crippen LogP contribution >= 0.6 is 0 Å². The highest BCUT2D eigenvalue weighted by Gasteiger charge is 2.99. The van der Waals surface area contributed by atoms with Crippen LogP contribution in [0.15, 0.2) is 0 Å². The van der Waals surface area contributed by atoms with Gasteiger partial charge in [-0.05, 0) is 6.92 Å². The fraction of sp³-hybridized carbons (Fsp3) is 1.00. The van der Waals surface area contributed by atoms with Gasteiger partial charge in [0.15, 0.2) is 0 Å². The minimum atomic E-state index is -9.57. The molecule has 242 valence electrons. The normalized spacial score (nSPS) is 18.1. The van der Waals surface area contributed by atoms with E-state index in [1.807, 2.05) is 0 Å². The Morgan fingerprint density at radius 2 is 0.500 bits per heavy atom. The lowest BCUT2D eigenvalue weighted by molar-refractivity contribution is -0.492. The molecule has 1 nitrogen and oxygen atoms in total. The largest absolute Gasteiger partial charge is 0.460 e. The number of ether oxygens (including phenoxy) is 1. The Kier molecular flexibility index (Phi) is 8.94. The standard InChI is InChI=1S/C14H5F25O/c1-2-40-12(33,14(37,38)39)10(29,30)8(25,26)6(21,22)4(17,18)3(15,16)5(19,20)7(23,24)9(27,28)11(31,32)13(34,35)36/h2H2,1H3. The molecule has 0 rings (SSSR count). The Morgan fingerprint density at radius 3 is 0.675 bits per heavy atom. The SMILES string of the molecule is CCOC(F)(C(F)(F)F)C(F)(F)C(F)(F)C(F)(F)C(F)(F)C(F)(F)C(F)(F)C(F)(F)C(F)(F)C(F)(F)C(F)(F)F. The van der Waals surface area contributed by atoms with Crippen LogP contribution in [0.4, 0.5) is 110 Å². The molecular formula is C14H5F25O. The Hall–Kier alpha value is -1.79. The maximum Gasteiger partial charge on any atom is 0.460 e. The van der Waals surface area contributed by atoms with E-state index in [-0.39, 0.29) is 6.92 Å². The Labute approximate surface area is 201 Å². The van der Waals surface area contributed by atoms with E-state index in [1.54, 1.807) is 0 Å². The van der Waals surface area contributed by atoms with Gasteiger partial charge in [-0.25, -0.2) is 0 Å². The summed E-state index contributed by atoms with van der Waals surface area (Å²) in [5.74, 6) is -90.5. The summed E-state index contributed by atoms with van der Waals surface area (Å²) < 4.78 is 331. The molecule has 0 aliphatic carbocycles. The number of alkyl halides is 25. The van der Waals surface area contributed by atoms with Crippen molar-refractivity contribution in [2.24, 2.45) is 0 Å². The number of rotatable bonds is 11. The lowest BCUT2D eigenvalue weighted by Gasteiger charge is -2.46. The quantitative estimate of drug-likeness (QED) is 0.202. The molecule has 0 saturated heterocycles. The van der Waals surface area contributed by atoms with Crippen LogP contribution in [0.1, 0.15) is 6.92 Å². The van der Waals surface area contributed by atoms with Crippen LogP contribution in [-0.4, -0.2) is 78.1 Å². The van der Waals surface area contributed by atoms with Gasteiger partial charge in [0.2, 0.25) is 0 Å². The minimum Gasteiger partial charge on any atom is -0.334 e. The monoisotopic (exact) mass is 664 g/mol. The van der Waals surface area contributed by atoms with E-state index in [0.717, 1.165) is 0 Å². The first-order valence-electron chi connectivity index (χ1n) is 8.67. The van der Waals surface area contributed by atoms with Gasteiger partial charge in [-0.15, -0.1) is 0 Å². The summed E-state index contributed by atoms with van der Waals surface area (Å²) in [5, 5.41) is 0. The molecule has 0 heterocycles. The van der Waals surface area contributed by atoms with Crippen molar-refractivity contribution in [3.63, 3.8) is 0 Å². The van der Waals surface area contributed by atoms with Crippen molar-refractivity contribution in [1.82, 2.24) is 0 Å².